The van der Waals surface area contributed by atoms with E-state index in [1.54, 1.807) is 30.3 Å². The first kappa shape index (κ1) is 18.7. The zero-order chi connectivity index (χ0) is 18.7. The van der Waals surface area contributed by atoms with Crippen LogP contribution in [0.4, 0.5) is 15.8 Å². The van der Waals surface area contributed by atoms with Gasteiger partial charge in [0.15, 0.2) is 0 Å². The Bertz CT molecular complexity index is 915. The molecule has 3 rings (SSSR count). The number of sulfonamides is 1. The molecule has 0 bridgehead atoms. The zero-order valence-corrected chi connectivity index (χ0v) is 15.9. The maximum Gasteiger partial charge on any atom is 0.235 e. The Morgan fingerprint density at radius 1 is 1.23 bits per heavy atom. The summed E-state index contributed by atoms with van der Waals surface area (Å²) in [6.45, 7) is 2.31. The third-order valence-corrected chi connectivity index (χ3v) is 6.95. The number of nitrogens with one attached hydrogen (secondary N) is 1. The van der Waals surface area contributed by atoms with Crippen LogP contribution in [0.3, 0.4) is 0 Å². The third-order valence-electron chi connectivity index (χ3n) is 4.07. The van der Waals surface area contributed by atoms with Crippen molar-refractivity contribution in [3.05, 3.63) is 53.8 Å². The Morgan fingerprint density at radius 3 is 2.62 bits per heavy atom. The highest BCUT2D eigenvalue weighted by atomic mass is 32.2. The van der Waals surface area contributed by atoms with E-state index in [4.69, 9.17) is 0 Å². The summed E-state index contributed by atoms with van der Waals surface area (Å²) in [6, 6.07) is 11.2. The smallest absolute Gasteiger partial charge is 0.235 e. The van der Waals surface area contributed by atoms with Crippen molar-refractivity contribution in [3.8, 4) is 0 Å². The number of amides is 1. The van der Waals surface area contributed by atoms with E-state index in [9.17, 15) is 17.6 Å². The van der Waals surface area contributed by atoms with Crippen LogP contribution < -0.4 is 9.62 Å². The summed E-state index contributed by atoms with van der Waals surface area (Å²) in [6.07, 6.45) is 0.603. The number of rotatable bonds is 5. The Balaban J connectivity index is 1.68. The maximum atomic E-state index is 12.9. The Kier molecular flexibility index (Phi) is 5.52. The minimum Gasteiger partial charge on any atom is -0.325 e. The summed E-state index contributed by atoms with van der Waals surface area (Å²) >= 11 is 1.31. The van der Waals surface area contributed by atoms with Crippen LogP contribution in [0.15, 0.2) is 47.4 Å². The van der Waals surface area contributed by atoms with E-state index in [1.807, 2.05) is 6.92 Å². The van der Waals surface area contributed by atoms with E-state index < -0.39 is 10.0 Å². The molecule has 8 heteroatoms. The van der Waals surface area contributed by atoms with Crippen LogP contribution in [0.1, 0.15) is 12.0 Å². The number of aryl methyl sites for hydroxylation is 1. The molecule has 0 aromatic heterocycles. The molecule has 1 saturated heterocycles. The lowest BCUT2D eigenvalue weighted by Crippen LogP contribution is -2.25. The van der Waals surface area contributed by atoms with Gasteiger partial charge >= 0.3 is 0 Å². The standard InChI is InChI=1S/C18H19FN2O3S2/c1-13-3-6-15(21-9-2-10-26(21,23)24)11-17(13)20-18(22)12-25-16-7-4-14(19)5-8-16/h3-8,11H,2,9-10,12H2,1H3,(H,20,22). The number of carbonyl (C=O) groups is 1. The van der Waals surface area contributed by atoms with E-state index in [2.05, 4.69) is 5.32 Å². The quantitative estimate of drug-likeness (QED) is 0.790. The maximum absolute atomic E-state index is 12.9. The van der Waals surface area contributed by atoms with Crippen LogP contribution in [-0.2, 0) is 14.8 Å². The predicted molar refractivity (Wildman–Crippen MR) is 103 cm³/mol. The van der Waals surface area contributed by atoms with Crippen molar-refractivity contribution in [1.82, 2.24) is 0 Å². The number of halogens is 1. The van der Waals surface area contributed by atoms with Gasteiger partial charge in [-0.15, -0.1) is 11.8 Å². The van der Waals surface area contributed by atoms with Gasteiger partial charge in [-0.25, -0.2) is 12.8 Å². The highest BCUT2D eigenvalue weighted by Crippen LogP contribution is 2.29. The molecule has 0 atom stereocenters. The lowest BCUT2D eigenvalue weighted by molar-refractivity contribution is -0.113. The van der Waals surface area contributed by atoms with Gasteiger partial charge in [0.05, 0.1) is 17.2 Å². The Labute approximate surface area is 156 Å². The molecule has 5 nitrogen and oxygen atoms in total. The van der Waals surface area contributed by atoms with Gasteiger partial charge in [0.2, 0.25) is 15.9 Å². The average molecular weight is 394 g/mol. The SMILES string of the molecule is Cc1ccc(N2CCCS2(=O)=O)cc1NC(=O)CSc1ccc(F)cc1. The summed E-state index contributed by atoms with van der Waals surface area (Å²) in [5.41, 5.74) is 2.01. The van der Waals surface area contributed by atoms with Crippen molar-refractivity contribution in [2.75, 3.05) is 27.7 Å². The second-order valence-corrected chi connectivity index (χ2v) is 9.09. The number of carbonyl (C=O) groups excluding carboxylic acids is 1. The molecule has 1 heterocycles. The van der Waals surface area contributed by atoms with E-state index in [-0.39, 0.29) is 23.2 Å². The second-order valence-electron chi connectivity index (χ2n) is 6.03. The first-order valence-corrected chi connectivity index (χ1v) is 10.7. The first-order valence-electron chi connectivity index (χ1n) is 8.14. The number of nitrogens with zero attached hydrogens (tertiary/aromatic N) is 1. The van der Waals surface area contributed by atoms with Crippen molar-refractivity contribution < 1.29 is 17.6 Å². The molecule has 1 fully saturated rings. The highest BCUT2D eigenvalue weighted by molar-refractivity contribution is 8.00. The van der Waals surface area contributed by atoms with Crippen molar-refractivity contribution in [2.45, 2.75) is 18.2 Å². The fourth-order valence-corrected chi connectivity index (χ4v) is 4.95. The van der Waals surface area contributed by atoms with Crippen molar-refractivity contribution in [1.29, 1.82) is 0 Å². The van der Waals surface area contributed by atoms with E-state index in [0.717, 1.165) is 10.5 Å². The van der Waals surface area contributed by atoms with Crippen LogP contribution in [0.25, 0.3) is 0 Å². The molecule has 26 heavy (non-hydrogen) atoms. The van der Waals surface area contributed by atoms with Gasteiger partial charge < -0.3 is 5.32 Å². The molecule has 0 aliphatic carbocycles. The molecule has 0 saturated carbocycles. The molecular weight excluding hydrogens is 375 g/mol. The fraction of sp³-hybridized carbons (Fsp3) is 0.278. The number of benzene rings is 2. The van der Waals surface area contributed by atoms with Crippen LogP contribution in [0, 0.1) is 12.7 Å². The minimum absolute atomic E-state index is 0.150. The Morgan fingerprint density at radius 2 is 1.96 bits per heavy atom. The number of thioether (sulfide) groups is 1. The van der Waals surface area contributed by atoms with Gasteiger partial charge in [-0.1, -0.05) is 6.07 Å². The van der Waals surface area contributed by atoms with Gasteiger partial charge in [-0.3, -0.25) is 9.10 Å². The normalized spacial score (nSPS) is 15.8. The number of anilines is 2. The third kappa shape index (κ3) is 4.37. The largest absolute Gasteiger partial charge is 0.325 e. The molecule has 138 valence electrons. The molecule has 1 amide bonds. The van der Waals surface area contributed by atoms with Crippen LogP contribution in [0.5, 0.6) is 0 Å². The van der Waals surface area contributed by atoms with E-state index in [1.165, 1.54) is 28.2 Å². The van der Waals surface area contributed by atoms with Gasteiger partial charge in [-0.05, 0) is 55.3 Å². The molecule has 0 radical (unpaired) electrons. The van der Waals surface area contributed by atoms with E-state index in [0.29, 0.717) is 24.3 Å². The van der Waals surface area contributed by atoms with Gasteiger partial charge in [0, 0.05) is 17.1 Å². The molecular formula is C18H19FN2O3S2. The van der Waals surface area contributed by atoms with Crippen LogP contribution in [-0.4, -0.2) is 32.4 Å². The molecule has 0 unspecified atom stereocenters. The summed E-state index contributed by atoms with van der Waals surface area (Å²) in [5.74, 6) is -0.194. The van der Waals surface area contributed by atoms with Crippen LogP contribution in [0.2, 0.25) is 0 Å². The molecule has 1 aliphatic heterocycles. The van der Waals surface area contributed by atoms with Crippen molar-refractivity contribution >= 4 is 39.1 Å². The molecule has 2 aromatic rings. The molecule has 2 aromatic carbocycles. The average Bonchev–Trinajstić information content (AvgIpc) is 2.95. The highest BCUT2D eigenvalue weighted by Gasteiger charge is 2.28. The molecule has 0 spiro atoms. The lowest BCUT2D eigenvalue weighted by Gasteiger charge is -2.19. The molecule has 1 aliphatic rings. The number of hydrogen-bond donors (Lipinski definition) is 1. The second kappa shape index (κ2) is 7.67. The van der Waals surface area contributed by atoms with Crippen molar-refractivity contribution in [2.24, 2.45) is 0 Å². The van der Waals surface area contributed by atoms with Gasteiger partial charge in [0.25, 0.3) is 0 Å². The predicted octanol–water partition coefficient (Wildman–Crippen LogP) is 3.40. The monoisotopic (exact) mass is 394 g/mol. The Hall–Kier alpha value is -2.06. The van der Waals surface area contributed by atoms with Gasteiger partial charge in [-0.2, -0.15) is 0 Å². The van der Waals surface area contributed by atoms with Gasteiger partial charge in [0.1, 0.15) is 5.82 Å². The number of hydrogen-bond acceptors (Lipinski definition) is 4. The van der Waals surface area contributed by atoms with Crippen LogP contribution >= 0.6 is 11.8 Å². The fourth-order valence-electron chi connectivity index (χ4n) is 2.70. The lowest BCUT2D eigenvalue weighted by atomic mass is 10.1. The summed E-state index contributed by atoms with van der Waals surface area (Å²) in [5, 5.41) is 2.83. The summed E-state index contributed by atoms with van der Waals surface area (Å²) in [4.78, 5) is 13.0. The molecule has 1 N–H and O–H groups in total. The summed E-state index contributed by atoms with van der Waals surface area (Å²) in [7, 11) is -3.26. The summed E-state index contributed by atoms with van der Waals surface area (Å²) < 4.78 is 38.4. The topological polar surface area (TPSA) is 66.5 Å². The van der Waals surface area contributed by atoms with Crippen molar-refractivity contribution in [3.63, 3.8) is 0 Å². The first-order chi connectivity index (χ1) is 12.3. The zero-order valence-electron chi connectivity index (χ0n) is 14.2. The van der Waals surface area contributed by atoms with E-state index >= 15 is 0 Å². The minimum atomic E-state index is -3.26.